The molecule has 0 spiro atoms. The molecule has 0 radical (unpaired) electrons. The first kappa shape index (κ1) is 13.7. The molecule has 17 heavy (non-hydrogen) atoms. The van der Waals surface area contributed by atoms with Crippen LogP contribution in [0.25, 0.3) is 0 Å². The summed E-state index contributed by atoms with van der Waals surface area (Å²) in [6.45, 7) is 5.61. The van der Waals surface area contributed by atoms with Crippen LogP contribution in [0.5, 0.6) is 0 Å². The van der Waals surface area contributed by atoms with Gasteiger partial charge in [0.15, 0.2) is 0 Å². The second-order valence-corrected chi connectivity index (χ2v) is 4.88. The number of hydrogen-bond donors (Lipinski definition) is 2. The molecule has 0 aliphatic rings. The van der Waals surface area contributed by atoms with Crippen LogP contribution < -0.4 is 5.73 Å². The number of ether oxygens (including phenoxy) is 1. The van der Waals surface area contributed by atoms with Gasteiger partial charge < -0.3 is 15.6 Å². The van der Waals surface area contributed by atoms with Crippen LogP contribution >= 0.6 is 0 Å². The molecular weight excluding hydrogens is 218 g/mol. The zero-order valence-electron chi connectivity index (χ0n) is 10.4. The molecule has 0 saturated heterocycles. The number of aliphatic hydroxyl groups is 1. The van der Waals surface area contributed by atoms with Crippen molar-refractivity contribution in [3.63, 3.8) is 0 Å². The van der Waals surface area contributed by atoms with E-state index in [1.165, 1.54) is 0 Å². The van der Waals surface area contributed by atoms with Gasteiger partial charge >= 0.3 is 5.97 Å². The molecule has 94 valence electrons. The normalized spacial score (nSPS) is 13.2. The zero-order chi connectivity index (χ0) is 13.1. The van der Waals surface area contributed by atoms with Gasteiger partial charge in [0.05, 0.1) is 11.7 Å². The Morgan fingerprint density at radius 1 is 1.35 bits per heavy atom. The molecule has 4 nitrogen and oxygen atoms in total. The zero-order valence-corrected chi connectivity index (χ0v) is 10.4. The van der Waals surface area contributed by atoms with Crippen molar-refractivity contribution >= 4 is 5.97 Å². The average molecular weight is 237 g/mol. The number of aliphatic hydroxyl groups excluding tert-OH is 1. The molecule has 0 amide bonds. The monoisotopic (exact) mass is 237 g/mol. The highest BCUT2D eigenvalue weighted by Crippen LogP contribution is 2.15. The molecule has 0 aliphatic carbocycles. The lowest BCUT2D eigenvalue weighted by Crippen LogP contribution is -2.23. The smallest absolute Gasteiger partial charge is 0.338 e. The predicted octanol–water partition coefficient (Wildman–Crippen LogP) is 1.63. The predicted molar refractivity (Wildman–Crippen MR) is 65.6 cm³/mol. The molecule has 0 fully saturated rings. The maximum atomic E-state index is 11.7. The van der Waals surface area contributed by atoms with Crippen LogP contribution in [0.4, 0.5) is 0 Å². The maximum absolute atomic E-state index is 11.7. The SMILES string of the molecule is CC(C)(C)OC(=O)c1ccc(C(O)CN)cc1. The Labute approximate surface area is 101 Å². The van der Waals surface area contributed by atoms with Gasteiger partial charge in [-0.05, 0) is 38.5 Å². The third-order valence-electron chi connectivity index (χ3n) is 2.15. The number of benzene rings is 1. The summed E-state index contributed by atoms with van der Waals surface area (Å²) < 4.78 is 5.22. The van der Waals surface area contributed by atoms with Crippen molar-refractivity contribution in [2.24, 2.45) is 5.73 Å². The van der Waals surface area contributed by atoms with E-state index >= 15 is 0 Å². The van der Waals surface area contributed by atoms with Gasteiger partial charge in [0, 0.05) is 6.54 Å². The molecule has 0 heterocycles. The molecular formula is C13H19NO3. The van der Waals surface area contributed by atoms with Crippen molar-refractivity contribution in [3.8, 4) is 0 Å². The fourth-order valence-electron chi connectivity index (χ4n) is 1.31. The number of rotatable bonds is 3. The van der Waals surface area contributed by atoms with Crippen molar-refractivity contribution in [2.45, 2.75) is 32.5 Å². The minimum atomic E-state index is -0.692. The second-order valence-electron chi connectivity index (χ2n) is 4.88. The number of hydrogen-bond acceptors (Lipinski definition) is 4. The van der Waals surface area contributed by atoms with E-state index in [4.69, 9.17) is 10.5 Å². The van der Waals surface area contributed by atoms with Gasteiger partial charge in [-0.15, -0.1) is 0 Å². The first-order valence-corrected chi connectivity index (χ1v) is 5.55. The fraction of sp³-hybridized carbons (Fsp3) is 0.462. The second kappa shape index (κ2) is 5.29. The Hall–Kier alpha value is -1.39. The topological polar surface area (TPSA) is 72.5 Å². The highest BCUT2D eigenvalue weighted by molar-refractivity contribution is 5.89. The minimum Gasteiger partial charge on any atom is -0.456 e. The van der Waals surface area contributed by atoms with Crippen LogP contribution in [0, 0.1) is 0 Å². The van der Waals surface area contributed by atoms with Crippen molar-refractivity contribution < 1.29 is 14.6 Å². The standard InChI is InChI=1S/C13H19NO3/c1-13(2,3)17-12(16)10-6-4-9(5-7-10)11(15)8-14/h4-7,11,15H,8,14H2,1-3H3. The van der Waals surface area contributed by atoms with Crippen LogP contribution in [0.1, 0.15) is 42.8 Å². The molecule has 3 N–H and O–H groups in total. The lowest BCUT2D eigenvalue weighted by Gasteiger charge is -2.19. The largest absolute Gasteiger partial charge is 0.456 e. The average Bonchev–Trinajstić information content (AvgIpc) is 2.26. The van der Waals surface area contributed by atoms with Gasteiger partial charge in [-0.2, -0.15) is 0 Å². The van der Waals surface area contributed by atoms with Crippen molar-refractivity contribution in [3.05, 3.63) is 35.4 Å². The Morgan fingerprint density at radius 2 is 1.88 bits per heavy atom. The van der Waals surface area contributed by atoms with Gasteiger partial charge in [0.25, 0.3) is 0 Å². The highest BCUT2D eigenvalue weighted by Gasteiger charge is 2.17. The molecule has 1 aromatic carbocycles. The van der Waals surface area contributed by atoms with E-state index < -0.39 is 11.7 Å². The molecule has 1 rings (SSSR count). The Balaban J connectivity index is 2.77. The van der Waals surface area contributed by atoms with Gasteiger partial charge in [-0.25, -0.2) is 4.79 Å². The van der Waals surface area contributed by atoms with Crippen molar-refractivity contribution in [1.82, 2.24) is 0 Å². The highest BCUT2D eigenvalue weighted by atomic mass is 16.6. The Morgan fingerprint density at radius 3 is 2.29 bits per heavy atom. The summed E-state index contributed by atoms with van der Waals surface area (Å²) in [5, 5.41) is 9.50. The molecule has 1 unspecified atom stereocenters. The summed E-state index contributed by atoms with van der Waals surface area (Å²) in [5.74, 6) is -0.369. The van der Waals surface area contributed by atoms with E-state index in [2.05, 4.69) is 0 Å². The number of carbonyl (C=O) groups excluding carboxylic acids is 1. The van der Waals surface area contributed by atoms with Crippen LogP contribution in [-0.4, -0.2) is 23.2 Å². The number of esters is 1. The molecule has 0 aliphatic heterocycles. The molecule has 0 bridgehead atoms. The van der Waals surface area contributed by atoms with E-state index in [1.807, 2.05) is 20.8 Å². The quantitative estimate of drug-likeness (QED) is 0.784. The van der Waals surface area contributed by atoms with Crippen molar-refractivity contribution in [2.75, 3.05) is 6.54 Å². The van der Waals surface area contributed by atoms with Gasteiger partial charge in [0.1, 0.15) is 5.60 Å². The van der Waals surface area contributed by atoms with Gasteiger partial charge in [-0.3, -0.25) is 0 Å². The third-order valence-corrected chi connectivity index (χ3v) is 2.15. The molecule has 0 aromatic heterocycles. The first-order valence-electron chi connectivity index (χ1n) is 5.55. The van der Waals surface area contributed by atoms with E-state index in [0.717, 1.165) is 0 Å². The van der Waals surface area contributed by atoms with Crippen LogP contribution in [0.2, 0.25) is 0 Å². The van der Waals surface area contributed by atoms with Crippen molar-refractivity contribution in [1.29, 1.82) is 0 Å². The van der Waals surface area contributed by atoms with Crippen LogP contribution in [0.3, 0.4) is 0 Å². The summed E-state index contributed by atoms with van der Waals surface area (Å²) in [7, 11) is 0. The van der Waals surface area contributed by atoms with E-state index in [1.54, 1.807) is 24.3 Å². The van der Waals surface area contributed by atoms with Gasteiger partial charge in [0.2, 0.25) is 0 Å². The molecule has 4 heteroatoms. The summed E-state index contributed by atoms with van der Waals surface area (Å²) in [4.78, 5) is 11.7. The van der Waals surface area contributed by atoms with Crippen LogP contribution in [-0.2, 0) is 4.74 Å². The fourth-order valence-corrected chi connectivity index (χ4v) is 1.31. The first-order chi connectivity index (χ1) is 7.83. The summed E-state index contributed by atoms with van der Waals surface area (Å²) in [6, 6.07) is 6.61. The summed E-state index contributed by atoms with van der Waals surface area (Å²) in [5.41, 5.74) is 6.00. The maximum Gasteiger partial charge on any atom is 0.338 e. The van der Waals surface area contributed by atoms with E-state index in [9.17, 15) is 9.90 Å². The Bertz CT molecular complexity index is 379. The molecule has 1 aromatic rings. The summed E-state index contributed by atoms with van der Waals surface area (Å²) >= 11 is 0. The third kappa shape index (κ3) is 4.17. The van der Waals surface area contributed by atoms with E-state index in [-0.39, 0.29) is 12.5 Å². The Kier molecular flexibility index (Phi) is 4.26. The van der Waals surface area contributed by atoms with Crippen LogP contribution in [0.15, 0.2) is 24.3 Å². The lowest BCUT2D eigenvalue weighted by atomic mass is 10.1. The minimum absolute atomic E-state index is 0.159. The number of carbonyl (C=O) groups is 1. The summed E-state index contributed by atoms with van der Waals surface area (Å²) in [6.07, 6.45) is -0.692. The molecule has 0 saturated carbocycles. The van der Waals surface area contributed by atoms with E-state index in [0.29, 0.717) is 11.1 Å². The lowest BCUT2D eigenvalue weighted by molar-refractivity contribution is 0.00694. The van der Waals surface area contributed by atoms with Gasteiger partial charge in [-0.1, -0.05) is 12.1 Å². The molecule has 1 atom stereocenters. The number of nitrogens with two attached hydrogens (primary N) is 1.